The van der Waals surface area contributed by atoms with E-state index in [-0.39, 0.29) is 48.9 Å². The number of hydrogen-bond donors (Lipinski definition) is 1. The zero-order valence-electron chi connectivity index (χ0n) is 19.8. The molecule has 2 saturated heterocycles. The van der Waals surface area contributed by atoms with Crippen molar-refractivity contribution in [3.63, 3.8) is 0 Å². The Morgan fingerprint density at radius 2 is 1.82 bits per heavy atom. The lowest BCUT2D eigenvalue weighted by Crippen LogP contribution is -2.56. The molecule has 1 aromatic carbocycles. The topological polar surface area (TPSA) is 135 Å². The van der Waals surface area contributed by atoms with E-state index in [9.17, 15) is 23.3 Å². The van der Waals surface area contributed by atoms with Crippen LogP contribution in [0.2, 0.25) is 0 Å². The SMILES string of the molecule is COc1ccc(S(=O)(=O)N2CCN(C(=O)NC[C@@H](C(C)C)N3CCOCC3)CC2)cc1[N+](=O)[O-]. The summed E-state index contributed by atoms with van der Waals surface area (Å²) in [7, 11) is -2.66. The second-order valence-corrected chi connectivity index (χ2v) is 10.6. The lowest BCUT2D eigenvalue weighted by atomic mass is 10.0. The molecule has 1 N–H and O–H groups in total. The van der Waals surface area contributed by atoms with Gasteiger partial charge in [-0.1, -0.05) is 13.8 Å². The largest absolute Gasteiger partial charge is 0.490 e. The number of nitro groups is 1. The third-order valence-electron chi connectivity index (χ3n) is 6.26. The van der Waals surface area contributed by atoms with Crippen molar-refractivity contribution in [3.05, 3.63) is 28.3 Å². The van der Waals surface area contributed by atoms with E-state index in [0.717, 1.165) is 19.2 Å². The number of ether oxygens (including phenoxy) is 2. The van der Waals surface area contributed by atoms with Gasteiger partial charge >= 0.3 is 11.7 Å². The summed E-state index contributed by atoms with van der Waals surface area (Å²) in [5.74, 6) is 0.344. The van der Waals surface area contributed by atoms with E-state index in [1.807, 2.05) is 0 Å². The van der Waals surface area contributed by atoms with Crippen molar-refractivity contribution < 1.29 is 27.6 Å². The molecular formula is C21H33N5O7S. The molecule has 12 nitrogen and oxygen atoms in total. The Kier molecular flexibility index (Phi) is 8.68. The highest BCUT2D eigenvalue weighted by atomic mass is 32.2. The fourth-order valence-electron chi connectivity index (χ4n) is 4.25. The van der Waals surface area contributed by atoms with E-state index < -0.39 is 20.6 Å². The molecule has 3 rings (SSSR count). The number of carbonyl (C=O) groups excluding carboxylic acids is 1. The van der Waals surface area contributed by atoms with Gasteiger partial charge < -0.3 is 19.7 Å². The fourth-order valence-corrected chi connectivity index (χ4v) is 5.70. The normalized spacial score (nSPS) is 19.1. The third kappa shape index (κ3) is 5.95. The van der Waals surface area contributed by atoms with E-state index >= 15 is 0 Å². The number of benzene rings is 1. The van der Waals surface area contributed by atoms with E-state index in [2.05, 4.69) is 24.1 Å². The number of hydrogen-bond acceptors (Lipinski definition) is 8. The van der Waals surface area contributed by atoms with E-state index in [4.69, 9.17) is 9.47 Å². The highest BCUT2D eigenvalue weighted by molar-refractivity contribution is 7.89. The zero-order chi connectivity index (χ0) is 24.9. The summed E-state index contributed by atoms with van der Waals surface area (Å²) in [5.41, 5.74) is -0.415. The van der Waals surface area contributed by atoms with E-state index in [0.29, 0.717) is 25.7 Å². The average molecular weight is 500 g/mol. The Balaban J connectivity index is 1.58. The Morgan fingerprint density at radius 1 is 1.18 bits per heavy atom. The molecule has 0 aliphatic carbocycles. The van der Waals surface area contributed by atoms with Gasteiger partial charge in [-0.3, -0.25) is 15.0 Å². The van der Waals surface area contributed by atoms with E-state index in [1.165, 1.54) is 23.5 Å². The molecule has 1 aromatic rings. The van der Waals surface area contributed by atoms with Crippen molar-refractivity contribution in [2.45, 2.75) is 24.8 Å². The maximum atomic E-state index is 13.0. The number of methoxy groups -OCH3 is 1. The molecule has 0 unspecified atom stereocenters. The molecule has 13 heteroatoms. The maximum absolute atomic E-state index is 13.0. The number of nitrogens with one attached hydrogen (secondary N) is 1. The van der Waals surface area contributed by atoms with E-state index in [1.54, 1.807) is 4.90 Å². The molecule has 2 heterocycles. The van der Waals surface area contributed by atoms with Gasteiger partial charge in [0.15, 0.2) is 5.75 Å². The molecule has 190 valence electrons. The Hall–Kier alpha value is -2.48. The van der Waals surface area contributed by atoms with Gasteiger partial charge in [0.2, 0.25) is 10.0 Å². The molecule has 2 amide bonds. The summed E-state index contributed by atoms with van der Waals surface area (Å²) < 4.78 is 37.7. The Labute approximate surface area is 200 Å². The van der Waals surface area contributed by atoms with Crippen molar-refractivity contribution in [1.82, 2.24) is 19.4 Å². The van der Waals surface area contributed by atoms with Crippen LogP contribution >= 0.6 is 0 Å². The first-order valence-electron chi connectivity index (χ1n) is 11.3. The van der Waals surface area contributed by atoms with Crippen LogP contribution in [-0.2, 0) is 14.8 Å². The number of morpholine rings is 1. The zero-order valence-corrected chi connectivity index (χ0v) is 20.6. The molecular weight excluding hydrogens is 466 g/mol. The highest BCUT2D eigenvalue weighted by Gasteiger charge is 2.32. The minimum absolute atomic E-state index is 0.0118. The molecule has 0 bridgehead atoms. The molecule has 1 atom stereocenters. The summed E-state index contributed by atoms with van der Waals surface area (Å²) in [5, 5.41) is 14.3. The summed E-state index contributed by atoms with van der Waals surface area (Å²) in [6.07, 6.45) is 0. The van der Waals surface area contributed by atoms with Gasteiger partial charge in [0.1, 0.15) is 0 Å². The molecule has 0 radical (unpaired) electrons. The quantitative estimate of drug-likeness (QED) is 0.413. The van der Waals surface area contributed by atoms with Crippen molar-refractivity contribution in [1.29, 1.82) is 0 Å². The third-order valence-corrected chi connectivity index (χ3v) is 8.15. The summed E-state index contributed by atoms with van der Waals surface area (Å²) in [6, 6.07) is 3.54. The number of carbonyl (C=O) groups is 1. The Morgan fingerprint density at radius 3 is 2.38 bits per heavy atom. The van der Waals surface area contributed by atoms with Crippen LogP contribution in [0, 0.1) is 16.0 Å². The molecule has 0 aromatic heterocycles. The summed E-state index contributed by atoms with van der Waals surface area (Å²) in [6.45, 7) is 8.45. The highest BCUT2D eigenvalue weighted by Crippen LogP contribution is 2.30. The number of nitro benzene ring substituents is 1. The lowest BCUT2D eigenvalue weighted by molar-refractivity contribution is -0.386. The first-order chi connectivity index (χ1) is 16.1. The van der Waals surface area contributed by atoms with Gasteiger partial charge in [-0.2, -0.15) is 4.31 Å². The van der Waals surface area contributed by atoms with Crippen LogP contribution in [0.1, 0.15) is 13.8 Å². The van der Waals surface area contributed by atoms with Gasteiger partial charge in [-0.15, -0.1) is 0 Å². The van der Waals surface area contributed by atoms with Gasteiger partial charge in [0.05, 0.1) is 30.1 Å². The second kappa shape index (κ2) is 11.3. The molecule has 2 aliphatic heterocycles. The summed E-state index contributed by atoms with van der Waals surface area (Å²) in [4.78, 5) is 27.1. The average Bonchev–Trinajstić information content (AvgIpc) is 2.84. The minimum atomic E-state index is -3.95. The van der Waals surface area contributed by atoms with Crippen LogP contribution in [0.5, 0.6) is 5.75 Å². The van der Waals surface area contributed by atoms with Crippen molar-refractivity contribution >= 4 is 21.7 Å². The number of piperazine rings is 1. The van der Waals surface area contributed by atoms with Gasteiger partial charge in [0.25, 0.3) is 0 Å². The number of amides is 2. The predicted molar refractivity (Wildman–Crippen MR) is 124 cm³/mol. The van der Waals surface area contributed by atoms with Crippen LogP contribution < -0.4 is 10.1 Å². The molecule has 34 heavy (non-hydrogen) atoms. The lowest BCUT2D eigenvalue weighted by Gasteiger charge is -2.38. The van der Waals surface area contributed by atoms with Crippen LogP contribution in [0.4, 0.5) is 10.5 Å². The predicted octanol–water partition coefficient (Wildman–Crippen LogP) is 0.976. The fraction of sp³-hybridized carbons (Fsp3) is 0.667. The number of rotatable bonds is 8. The van der Waals surface area contributed by atoms with Crippen molar-refractivity contribution in [3.8, 4) is 5.75 Å². The first kappa shape index (κ1) is 26.1. The van der Waals surface area contributed by atoms with Crippen LogP contribution in [0.15, 0.2) is 23.1 Å². The standard InChI is InChI=1S/C21H33N5O7S/c1-16(2)19(23-10-12-33-13-11-23)15-22-21(27)24-6-8-25(9-7-24)34(30,31)17-4-5-20(32-3)18(14-17)26(28)29/h4-5,14,16,19H,6-13,15H2,1-3H3,(H,22,27)/t19-/m0/s1. The second-order valence-electron chi connectivity index (χ2n) is 8.63. The minimum Gasteiger partial charge on any atom is -0.490 e. The summed E-state index contributed by atoms with van der Waals surface area (Å²) >= 11 is 0. The molecule has 2 fully saturated rings. The number of nitrogens with zero attached hydrogens (tertiary/aromatic N) is 4. The van der Waals surface area contributed by atoms with Crippen molar-refractivity contribution in [2.75, 3.05) is 66.1 Å². The van der Waals surface area contributed by atoms with Gasteiger partial charge in [-0.25, -0.2) is 13.2 Å². The van der Waals surface area contributed by atoms with Crippen LogP contribution in [0.25, 0.3) is 0 Å². The first-order valence-corrected chi connectivity index (χ1v) is 12.8. The van der Waals surface area contributed by atoms with Crippen molar-refractivity contribution in [2.24, 2.45) is 5.92 Å². The molecule has 2 aliphatic rings. The molecule has 0 spiro atoms. The molecule has 0 saturated carbocycles. The van der Waals surface area contributed by atoms with Gasteiger partial charge in [0, 0.05) is 57.9 Å². The number of sulfonamides is 1. The van der Waals surface area contributed by atoms with Gasteiger partial charge in [-0.05, 0) is 18.1 Å². The number of urea groups is 1. The maximum Gasteiger partial charge on any atom is 0.317 e. The Bertz CT molecular complexity index is 974. The van der Waals surface area contributed by atoms with Crippen LogP contribution in [0.3, 0.4) is 0 Å². The monoisotopic (exact) mass is 499 g/mol. The smallest absolute Gasteiger partial charge is 0.317 e. The van der Waals surface area contributed by atoms with Crippen LogP contribution in [-0.4, -0.2) is 106 Å².